The Labute approximate surface area is 287 Å². The van der Waals surface area contributed by atoms with E-state index in [-0.39, 0.29) is 30.2 Å². The Morgan fingerprint density at radius 3 is 2.40 bits per heavy atom. The normalized spacial score (nSPS) is 19.1. The summed E-state index contributed by atoms with van der Waals surface area (Å²) in [5, 5.41) is 22.1. The first-order valence-corrected chi connectivity index (χ1v) is 16.2. The zero-order valence-corrected chi connectivity index (χ0v) is 27.1. The number of carboxylic acid groups (broad SMARTS) is 2. The molecule has 3 aromatic heterocycles. The van der Waals surface area contributed by atoms with Crippen molar-refractivity contribution in [3.63, 3.8) is 0 Å². The highest BCUT2D eigenvalue weighted by molar-refractivity contribution is 5.96. The van der Waals surface area contributed by atoms with Crippen molar-refractivity contribution in [1.29, 1.82) is 0 Å². The van der Waals surface area contributed by atoms with Gasteiger partial charge in [0.25, 0.3) is 11.5 Å². The lowest BCUT2D eigenvalue weighted by molar-refractivity contribution is -0.145. The average Bonchev–Trinajstić information content (AvgIpc) is 3.12. The third kappa shape index (κ3) is 8.04. The fourth-order valence-electron chi connectivity index (χ4n) is 6.46. The van der Waals surface area contributed by atoms with Gasteiger partial charge in [0.1, 0.15) is 12.6 Å². The predicted molar refractivity (Wildman–Crippen MR) is 182 cm³/mol. The number of carbonyl (C=O) groups excluding carboxylic acids is 2. The molecule has 50 heavy (non-hydrogen) atoms. The van der Waals surface area contributed by atoms with Crippen LogP contribution in [0.3, 0.4) is 0 Å². The second-order valence-electron chi connectivity index (χ2n) is 12.4. The van der Waals surface area contributed by atoms with Crippen molar-refractivity contribution in [1.82, 2.24) is 19.4 Å². The monoisotopic (exact) mass is 680 g/mol. The number of benzene rings is 1. The molecule has 258 valence electrons. The number of carboxylic acids is 2. The van der Waals surface area contributed by atoms with Gasteiger partial charge in [0.2, 0.25) is 5.91 Å². The van der Waals surface area contributed by atoms with Gasteiger partial charge in [0.15, 0.2) is 0 Å². The summed E-state index contributed by atoms with van der Waals surface area (Å²) < 4.78 is 7.07. The van der Waals surface area contributed by atoms with Crippen LogP contribution in [-0.4, -0.2) is 85.7 Å². The first kappa shape index (κ1) is 34.0. The van der Waals surface area contributed by atoms with Crippen molar-refractivity contribution in [2.24, 2.45) is 5.92 Å². The molecule has 3 N–H and O–H groups in total. The van der Waals surface area contributed by atoms with Crippen molar-refractivity contribution in [3.8, 4) is 11.1 Å². The van der Waals surface area contributed by atoms with Crippen molar-refractivity contribution < 1.29 is 34.1 Å². The fraction of sp³-hybridized carbons (Fsp3) is 0.306. The molecule has 6 rings (SSSR count). The smallest absolute Gasteiger partial charge is 0.323 e. The van der Waals surface area contributed by atoms with Crippen LogP contribution in [0.25, 0.3) is 11.1 Å². The maximum absolute atomic E-state index is 13.9. The highest BCUT2D eigenvalue weighted by Gasteiger charge is 2.35. The van der Waals surface area contributed by atoms with Crippen LogP contribution in [0.15, 0.2) is 90.4 Å². The molecule has 0 radical (unpaired) electrons. The van der Waals surface area contributed by atoms with Gasteiger partial charge in [-0.1, -0.05) is 18.2 Å². The van der Waals surface area contributed by atoms with Crippen LogP contribution >= 0.6 is 0 Å². The molecule has 2 aliphatic rings. The molecular weight excluding hydrogens is 644 g/mol. The largest absolute Gasteiger partial charge is 0.481 e. The Morgan fingerprint density at radius 2 is 1.68 bits per heavy atom. The van der Waals surface area contributed by atoms with Gasteiger partial charge in [-0.05, 0) is 54.8 Å². The van der Waals surface area contributed by atoms with Gasteiger partial charge in [-0.3, -0.25) is 33.9 Å². The molecule has 2 fully saturated rings. The number of aromatic nitrogens is 3. The number of hydrogen-bond donors (Lipinski definition) is 3. The highest BCUT2D eigenvalue weighted by Crippen LogP contribution is 2.29. The third-order valence-corrected chi connectivity index (χ3v) is 8.80. The Balaban J connectivity index is 1.28. The summed E-state index contributed by atoms with van der Waals surface area (Å²) in [7, 11) is 0. The van der Waals surface area contributed by atoms with E-state index in [0.29, 0.717) is 18.5 Å². The van der Waals surface area contributed by atoms with Crippen molar-refractivity contribution in [2.45, 2.75) is 38.0 Å². The first-order chi connectivity index (χ1) is 24.1. The number of piperidine rings is 1. The SMILES string of the molecule is O=C(O)CC1CN(C(=O)c2cccc(-c3cccnc3)c2)CC(c2cc(NC(=O)[C@H]3CCCN(c4cccnc4)C3)cn(CC(=O)O)c2=O)O1. The molecular formula is C36H36N6O8. The van der Waals surface area contributed by atoms with Crippen LogP contribution in [0, 0.1) is 5.92 Å². The van der Waals surface area contributed by atoms with Crippen LogP contribution in [-0.2, 0) is 25.7 Å². The summed E-state index contributed by atoms with van der Waals surface area (Å²) in [6, 6.07) is 15.8. The topological polar surface area (TPSA) is 184 Å². The molecule has 5 heterocycles. The number of ether oxygens (including phenoxy) is 1. The lowest BCUT2D eigenvalue weighted by Crippen LogP contribution is -2.48. The maximum Gasteiger partial charge on any atom is 0.323 e. The molecule has 4 aromatic rings. The van der Waals surface area contributed by atoms with Gasteiger partial charge in [0.05, 0.1) is 48.1 Å². The number of rotatable bonds is 10. The summed E-state index contributed by atoms with van der Waals surface area (Å²) in [5.41, 5.74) is 2.28. The van der Waals surface area contributed by atoms with E-state index in [4.69, 9.17) is 4.74 Å². The Hall–Kier alpha value is -5.89. The second kappa shape index (κ2) is 15.1. The molecule has 2 saturated heterocycles. The lowest BCUT2D eigenvalue weighted by Gasteiger charge is -2.38. The minimum absolute atomic E-state index is 0.0123. The Morgan fingerprint density at radius 1 is 0.900 bits per heavy atom. The number of anilines is 2. The zero-order valence-electron chi connectivity index (χ0n) is 27.1. The van der Waals surface area contributed by atoms with Crippen LogP contribution in [0.2, 0.25) is 0 Å². The summed E-state index contributed by atoms with van der Waals surface area (Å²) in [5.74, 6) is -3.53. The molecule has 2 unspecified atom stereocenters. The third-order valence-electron chi connectivity index (χ3n) is 8.80. The standard InChI is InChI=1S/C36H36N6O8/c43-32(44)15-29-20-42(35(48)24-6-1-5-23(13-24)25-7-2-10-37-16-25)21-31(50-29)30-14-27(19-41(36(30)49)22-33(45)46)39-34(47)26-8-4-12-40(18-26)28-9-3-11-38-17-28/h1-3,5-7,9-11,13-14,16-17,19,26,29,31H,4,8,12,15,18,20-22H2,(H,39,47)(H,43,44)(H,45,46)/t26-,29?,31?/m0/s1. The molecule has 3 atom stereocenters. The van der Waals surface area contributed by atoms with E-state index in [2.05, 4.69) is 20.2 Å². The van der Waals surface area contributed by atoms with Crippen LogP contribution in [0.4, 0.5) is 11.4 Å². The second-order valence-corrected chi connectivity index (χ2v) is 12.4. The Bertz CT molecular complexity index is 1940. The number of aliphatic carboxylic acids is 2. The van der Waals surface area contributed by atoms with Crippen LogP contribution < -0.4 is 15.8 Å². The van der Waals surface area contributed by atoms with Gasteiger partial charge >= 0.3 is 11.9 Å². The summed E-state index contributed by atoms with van der Waals surface area (Å²) in [6.07, 6.45) is 6.89. The van der Waals surface area contributed by atoms with Gasteiger partial charge in [0, 0.05) is 55.5 Å². The van der Waals surface area contributed by atoms with Crippen LogP contribution in [0.5, 0.6) is 0 Å². The Kier molecular flexibility index (Phi) is 10.3. The van der Waals surface area contributed by atoms with Gasteiger partial charge in [-0.25, -0.2) is 0 Å². The minimum Gasteiger partial charge on any atom is -0.481 e. The average molecular weight is 681 g/mol. The number of pyridine rings is 3. The van der Waals surface area contributed by atoms with E-state index in [9.17, 15) is 34.2 Å². The van der Waals surface area contributed by atoms with E-state index in [1.165, 1.54) is 17.2 Å². The van der Waals surface area contributed by atoms with Crippen molar-refractivity contribution in [3.05, 3.63) is 107 Å². The molecule has 14 nitrogen and oxygen atoms in total. The summed E-state index contributed by atoms with van der Waals surface area (Å²) >= 11 is 0. The first-order valence-electron chi connectivity index (χ1n) is 16.2. The maximum atomic E-state index is 13.9. The molecule has 2 aliphatic heterocycles. The quantitative estimate of drug-likeness (QED) is 0.223. The van der Waals surface area contributed by atoms with Crippen LogP contribution in [0.1, 0.15) is 41.3 Å². The van der Waals surface area contributed by atoms with Gasteiger partial charge < -0.3 is 34.6 Å². The highest BCUT2D eigenvalue weighted by atomic mass is 16.5. The van der Waals surface area contributed by atoms with E-state index in [0.717, 1.165) is 34.3 Å². The molecule has 0 aliphatic carbocycles. The van der Waals surface area contributed by atoms with Gasteiger partial charge in [-0.15, -0.1) is 0 Å². The summed E-state index contributed by atoms with van der Waals surface area (Å²) in [4.78, 5) is 76.5. The number of nitrogens with one attached hydrogen (secondary N) is 1. The molecule has 0 spiro atoms. The van der Waals surface area contributed by atoms with E-state index in [1.807, 2.05) is 24.3 Å². The lowest BCUT2D eigenvalue weighted by atomic mass is 9.96. The van der Waals surface area contributed by atoms with Crippen molar-refractivity contribution >= 4 is 35.1 Å². The summed E-state index contributed by atoms with van der Waals surface area (Å²) in [6.45, 7) is 0.355. The number of hydrogen-bond acceptors (Lipinski definition) is 9. The number of carbonyl (C=O) groups is 4. The van der Waals surface area contributed by atoms with E-state index < -0.39 is 54.5 Å². The van der Waals surface area contributed by atoms with Crippen molar-refractivity contribution in [2.75, 3.05) is 36.4 Å². The van der Waals surface area contributed by atoms with E-state index in [1.54, 1.807) is 49.1 Å². The molecule has 1 aromatic carbocycles. The number of amides is 2. The molecule has 0 bridgehead atoms. The molecule has 0 saturated carbocycles. The fourth-order valence-corrected chi connectivity index (χ4v) is 6.46. The van der Waals surface area contributed by atoms with E-state index >= 15 is 0 Å². The number of morpholine rings is 1. The predicted octanol–water partition coefficient (Wildman–Crippen LogP) is 3.30. The minimum atomic E-state index is -1.28. The molecule has 14 heteroatoms. The molecule has 2 amide bonds. The van der Waals surface area contributed by atoms with Gasteiger partial charge in [-0.2, -0.15) is 0 Å². The zero-order chi connectivity index (χ0) is 35.2. The number of nitrogens with zero attached hydrogens (tertiary/aromatic N) is 5.